The van der Waals surface area contributed by atoms with Crippen molar-refractivity contribution in [2.45, 2.75) is 24.9 Å². The van der Waals surface area contributed by atoms with E-state index in [1.165, 1.54) is 0 Å². The molecular formula is C18H21N5O3. The molecule has 2 saturated heterocycles. The molecule has 2 fully saturated rings. The van der Waals surface area contributed by atoms with Gasteiger partial charge in [-0.1, -0.05) is 6.07 Å². The van der Waals surface area contributed by atoms with Crippen molar-refractivity contribution in [2.24, 2.45) is 0 Å². The number of methoxy groups -OCH3 is 1. The summed E-state index contributed by atoms with van der Waals surface area (Å²) in [6, 6.07) is 7.29. The number of aromatic amines is 1. The number of ether oxygens (including phenoxy) is 1. The number of rotatable bonds is 4. The maximum atomic E-state index is 13.0. The van der Waals surface area contributed by atoms with E-state index in [1.807, 2.05) is 12.1 Å². The van der Waals surface area contributed by atoms with Crippen LogP contribution in [0.25, 0.3) is 0 Å². The molecule has 8 nitrogen and oxygen atoms in total. The second-order valence-electron chi connectivity index (χ2n) is 6.68. The molecule has 4 rings (SSSR count). The zero-order chi connectivity index (χ0) is 18.1. The summed E-state index contributed by atoms with van der Waals surface area (Å²) in [5.74, 6) is 0.0406. The van der Waals surface area contributed by atoms with Gasteiger partial charge in [-0.3, -0.25) is 9.59 Å². The SMILES string of the molecule is CO[C@@H]1CN(C(=O)c2cccc(N3CCCC3=O)c2)C[C@H]1c1cn[nH]n1. The van der Waals surface area contributed by atoms with Crippen LogP contribution in [-0.4, -0.2) is 65.0 Å². The molecule has 2 amide bonds. The fraction of sp³-hybridized carbons (Fsp3) is 0.444. The summed E-state index contributed by atoms with van der Waals surface area (Å²) < 4.78 is 5.55. The van der Waals surface area contributed by atoms with Gasteiger partial charge in [-0.15, -0.1) is 0 Å². The van der Waals surface area contributed by atoms with Gasteiger partial charge in [0, 0.05) is 44.4 Å². The highest BCUT2D eigenvalue weighted by Crippen LogP contribution is 2.30. The topological polar surface area (TPSA) is 91.4 Å². The Morgan fingerprint density at radius 1 is 1.35 bits per heavy atom. The molecule has 26 heavy (non-hydrogen) atoms. The number of hydrogen-bond acceptors (Lipinski definition) is 5. The van der Waals surface area contributed by atoms with Crippen LogP contribution < -0.4 is 4.90 Å². The van der Waals surface area contributed by atoms with E-state index >= 15 is 0 Å². The van der Waals surface area contributed by atoms with E-state index in [0.29, 0.717) is 31.6 Å². The molecule has 3 heterocycles. The molecule has 0 saturated carbocycles. The van der Waals surface area contributed by atoms with Gasteiger partial charge < -0.3 is 14.5 Å². The standard InChI is InChI=1S/C18H21N5O3/c1-26-16-11-22(10-14(16)15-9-19-21-20-15)18(25)12-4-2-5-13(8-12)23-7-3-6-17(23)24/h2,4-5,8-9,14,16H,3,6-7,10-11H2,1H3,(H,19,20,21)/t14-,16+/m0/s1. The fourth-order valence-electron chi connectivity index (χ4n) is 3.76. The summed E-state index contributed by atoms with van der Waals surface area (Å²) in [5, 5.41) is 10.6. The van der Waals surface area contributed by atoms with Crippen molar-refractivity contribution in [1.82, 2.24) is 20.3 Å². The van der Waals surface area contributed by atoms with Crippen molar-refractivity contribution in [3.63, 3.8) is 0 Å². The summed E-state index contributed by atoms with van der Waals surface area (Å²) in [4.78, 5) is 28.5. The Morgan fingerprint density at radius 3 is 2.92 bits per heavy atom. The summed E-state index contributed by atoms with van der Waals surface area (Å²) in [6.07, 6.45) is 2.98. The number of anilines is 1. The van der Waals surface area contributed by atoms with Gasteiger partial charge in [-0.25, -0.2) is 0 Å². The van der Waals surface area contributed by atoms with Crippen LogP contribution in [0.1, 0.15) is 34.8 Å². The molecule has 0 bridgehead atoms. The first-order valence-electron chi connectivity index (χ1n) is 8.75. The van der Waals surface area contributed by atoms with Crippen LogP contribution in [0.3, 0.4) is 0 Å². The molecule has 0 spiro atoms. The van der Waals surface area contributed by atoms with Crippen molar-refractivity contribution in [3.05, 3.63) is 41.7 Å². The smallest absolute Gasteiger partial charge is 0.254 e. The van der Waals surface area contributed by atoms with Crippen molar-refractivity contribution >= 4 is 17.5 Å². The summed E-state index contributed by atoms with van der Waals surface area (Å²) in [5.41, 5.74) is 2.16. The van der Waals surface area contributed by atoms with E-state index in [-0.39, 0.29) is 23.8 Å². The predicted octanol–water partition coefficient (Wildman–Crippen LogP) is 1.19. The van der Waals surface area contributed by atoms with Gasteiger partial charge in [0.2, 0.25) is 5.91 Å². The number of amides is 2. The molecule has 0 aliphatic carbocycles. The third-order valence-corrected chi connectivity index (χ3v) is 5.15. The van der Waals surface area contributed by atoms with Crippen molar-refractivity contribution in [1.29, 1.82) is 0 Å². The highest BCUT2D eigenvalue weighted by atomic mass is 16.5. The molecule has 1 aromatic heterocycles. The van der Waals surface area contributed by atoms with E-state index in [1.54, 1.807) is 35.2 Å². The Labute approximate surface area is 151 Å². The van der Waals surface area contributed by atoms with E-state index in [0.717, 1.165) is 17.8 Å². The van der Waals surface area contributed by atoms with Crippen molar-refractivity contribution < 1.29 is 14.3 Å². The van der Waals surface area contributed by atoms with E-state index in [2.05, 4.69) is 15.4 Å². The molecule has 1 aromatic carbocycles. The highest BCUT2D eigenvalue weighted by Gasteiger charge is 2.38. The van der Waals surface area contributed by atoms with Crippen LogP contribution in [0, 0.1) is 0 Å². The Kier molecular flexibility index (Phi) is 4.42. The lowest BCUT2D eigenvalue weighted by Crippen LogP contribution is -2.30. The number of likely N-dealkylation sites (tertiary alicyclic amines) is 1. The number of nitrogens with one attached hydrogen (secondary N) is 1. The molecule has 2 atom stereocenters. The molecular weight excluding hydrogens is 334 g/mol. The average Bonchev–Trinajstić information content (AvgIpc) is 3.40. The number of H-pyrrole nitrogens is 1. The largest absolute Gasteiger partial charge is 0.379 e. The van der Waals surface area contributed by atoms with Crippen LogP contribution in [-0.2, 0) is 9.53 Å². The minimum absolute atomic E-state index is 0.00829. The Morgan fingerprint density at radius 2 is 2.23 bits per heavy atom. The summed E-state index contributed by atoms with van der Waals surface area (Å²) in [6.45, 7) is 1.73. The lowest BCUT2D eigenvalue weighted by atomic mass is 10.0. The van der Waals surface area contributed by atoms with Gasteiger partial charge in [0.1, 0.15) is 0 Å². The first kappa shape index (κ1) is 16.7. The van der Waals surface area contributed by atoms with Crippen molar-refractivity contribution in [2.75, 3.05) is 31.6 Å². The number of benzene rings is 1. The normalized spacial score (nSPS) is 23.0. The van der Waals surface area contributed by atoms with Crippen LogP contribution in [0.2, 0.25) is 0 Å². The number of carbonyl (C=O) groups is 2. The zero-order valence-corrected chi connectivity index (χ0v) is 14.6. The molecule has 1 N–H and O–H groups in total. The minimum Gasteiger partial charge on any atom is -0.379 e. The van der Waals surface area contributed by atoms with Gasteiger partial charge in [-0.2, -0.15) is 15.4 Å². The van der Waals surface area contributed by atoms with E-state index in [9.17, 15) is 9.59 Å². The zero-order valence-electron chi connectivity index (χ0n) is 14.6. The van der Waals surface area contributed by atoms with Crippen LogP contribution >= 0.6 is 0 Å². The van der Waals surface area contributed by atoms with Gasteiger partial charge in [0.05, 0.1) is 23.9 Å². The lowest BCUT2D eigenvalue weighted by Gasteiger charge is -2.19. The molecule has 8 heteroatoms. The Hall–Kier alpha value is -2.74. The van der Waals surface area contributed by atoms with Gasteiger partial charge >= 0.3 is 0 Å². The summed E-state index contributed by atoms with van der Waals surface area (Å²) in [7, 11) is 1.64. The third kappa shape index (κ3) is 2.96. The maximum Gasteiger partial charge on any atom is 0.254 e. The first-order chi connectivity index (χ1) is 12.7. The van der Waals surface area contributed by atoms with Crippen molar-refractivity contribution in [3.8, 4) is 0 Å². The van der Waals surface area contributed by atoms with Gasteiger partial charge in [-0.05, 0) is 24.6 Å². The van der Waals surface area contributed by atoms with Gasteiger partial charge in [0.25, 0.3) is 5.91 Å². The second kappa shape index (κ2) is 6.87. The average molecular weight is 355 g/mol. The second-order valence-corrected chi connectivity index (χ2v) is 6.68. The van der Waals surface area contributed by atoms with E-state index < -0.39 is 0 Å². The highest BCUT2D eigenvalue weighted by molar-refractivity contribution is 5.99. The van der Waals surface area contributed by atoms with Crippen LogP contribution in [0.5, 0.6) is 0 Å². The van der Waals surface area contributed by atoms with Crippen LogP contribution in [0.4, 0.5) is 5.69 Å². The number of nitrogens with zero attached hydrogens (tertiary/aromatic N) is 4. The molecule has 2 aliphatic heterocycles. The first-order valence-corrected chi connectivity index (χ1v) is 8.75. The molecule has 2 aliphatic rings. The van der Waals surface area contributed by atoms with Crippen LogP contribution in [0.15, 0.2) is 30.5 Å². The van der Waals surface area contributed by atoms with E-state index in [4.69, 9.17) is 4.74 Å². The predicted molar refractivity (Wildman–Crippen MR) is 93.9 cm³/mol. The number of carbonyl (C=O) groups excluding carboxylic acids is 2. The maximum absolute atomic E-state index is 13.0. The number of aromatic nitrogens is 3. The third-order valence-electron chi connectivity index (χ3n) is 5.15. The Balaban J connectivity index is 1.54. The molecule has 2 aromatic rings. The fourth-order valence-corrected chi connectivity index (χ4v) is 3.76. The quantitative estimate of drug-likeness (QED) is 0.889. The lowest BCUT2D eigenvalue weighted by molar-refractivity contribution is -0.117. The van der Waals surface area contributed by atoms with Gasteiger partial charge in [0.15, 0.2) is 0 Å². The number of hydrogen-bond donors (Lipinski definition) is 1. The minimum atomic E-state index is -0.118. The molecule has 0 radical (unpaired) electrons. The Bertz CT molecular complexity index is 807. The summed E-state index contributed by atoms with van der Waals surface area (Å²) >= 11 is 0. The molecule has 0 unspecified atom stereocenters. The monoisotopic (exact) mass is 355 g/mol. The molecule has 136 valence electrons.